The van der Waals surface area contributed by atoms with Crippen molar-refractivity contribution >= 4 is 12.8 Å². The molecule has 0 atom stereocenters. The van der Waals surface area contributed by atoms with Crippen LogP contribution >= 0.6 is 0 Å². The van der Waals surface area contributed by atoms with Crippen LogP contribution in [0.25, 0.3) is 5.69 Å². The minimum atomic E-state index is -0.450. The Hall–Kier alpha value is -1.46. The van der Waals surface area contributed by atoms with Crippen molar-refractivity contribution < 1.29 is 13.7 Å². The van der Waals surface area contributed by atoms with Crippen molar-refractivity contribution in [1.29, 1.82) is 0 Å². The predicted molar refractivity (Wildman–Crippen MR) is 73.8 cm³/mol. The van der Waals surface area contributed by atoms with Crippen molar-refractivity contribution in [2.75, 3.05) is 0 Å². The minimum absolute atomic E-state index is 0.349. The molecule has 2 aromatic heterocycles. The summed E-state index contributed by atoms with van der Waals surface area (Å²) in [6.07, 6.45) is 5.65. The van der Waals surface area contributed by atoms with Gasteiger partial charge in [0, 0.05) is 18.5 Å². The molecule has 0 N–H and O–H groups in total. The first-order chi connectivity index (χ1) is 8.89. The van der Waals surface area contributed by atoms with Gasteiger partial charge in [0.05, 0.1) is 16.9 Å². The summed E-state index contributed by atoms with van der Waals surface area (Å²) in [5.74, 6) is 0. The third-order valence-electron chi connectivity index (χ3n) is 3.99. The Bertz CT molecular complexity index is 555. The van der Waals surface area contributed by atoms with Crippen molar-refractivity contribution in [2.24, 2.45) is 0 Å². The summed E-state index contributed by atoms with van der Waals surface area (Å²) in [5, 5.41) is 0. The van der Waals surface area contributed by atoms with E-state index in [-0.39, 0.29) is 11.2 Å². The van der Waals surface area contributed by atoms with Crippen molar-refractivity contribution in [2.45, 2.75) is 38.9 Å². The lowest BCUT2D eigenvalue weighted by molar-refractivity contribution is 0.00578. The Balaban J connectivity index is 1.85. The van der Waals surface area contributed by atoms with E-state index in [0.717, 1.165) is 5.69 Å². The average molecular weight is 259 g/mol. The van der Waals surface area contributed by atoms with Gasteiger partial charge in [-0.2, -0.15) is 0 Å². The summed E-state index contributed by atoms with van der Waals surface area (Å²) < 4.78 is 19.5. The molecule has 0 aliphatic carbocycles. The summed E-state index contributed by atoms with van der Waals surface area (Å²) in [4.78, 5) is 0. The number of rotatable bonds is 2. The van der Waals surface area contributed by atoms with Gasteiger partial charge < -0.3 is 18.3 Å². The molecule has 0 bridgehead atoms. The fraction of sp³-hybridized carbons (Fsp3) is 0.429. The van der Waals surface area contributed by atoms with Gasteiger partial charge >= 0.3 is 7.12 Å². The number of hydrogen-bond acceptors (Lipinski definition) is 3. The fourth-order valence-corrected chi connectivity index (χ4v) is 2.07. The molecule has 2 aromatic rings. The Kier molecular flexibility index (Phi) is 2.66. The van der Waals surface area contributed by atoms with Crippen LogP contribution in [0.4, 0.5) is 0 Å². The molecule has 19 heavy (non-hydrogen) atoms. The zero-order valence-corrected chi connectivity index (χ0v) is 11.7. The smallest absolute Gasteiger partial charge is 0.471 e. The molecule has 0 saturated carbocycles. The molecule has 1 saturated heterocycles. The molecule has 0 radical (unpaired) electrons. The average Bonchev–Trinajstić information content (AvgIpc) is 3.00. The van der Waals surface area contributed by atoms with Gasteiger partial charge in [-0.15, -0.1) is 0 Å². The van der Waals surface area contributed by atoms with Crippen LogP contribution in [0.3, 0.4) is 0 Å². The fourth-order valence-electron chi connectivity index (χ4n) is 2.07. The summed E-state index contributed by atoms with van der Waals surface area (Å²) in [5.41, 5.74) is 0.966. The first-order valence-corrected chi connectivity index (χ1v) is 6.46. The largest absolute Gasteiger partial charge is 0.532 e. The van der Waals surface area contributed by atoms with Gasteiger partial charge in [-0.3, -0.25) is 0 Å². The van der Waals surface area contributed by atoms with Gasteiger partial charge in [0.2, 0.25) is 0 Å². The summed E-state index contributed by atoms with van der Waals surface area (Å²) in [7, 11) is -0.450. The van der Waals surface area contributed by atoms with Crippen molar-refractivity contribution in [3.8, 4) is 5.69 Å². The number of hydrogen-bond donors (Lipinski definition) is 0. The van der Waals surface area contributed by atoms with Crippen LogP contribution in [0.15, 0.2) is 41.3 Å². The molecular formula is C14H18BNO3. The zero-order chi connectivity index (χ0) is 13.7. The molecule has 5 heteroatoms. The van der Waals surface area contributed by atoms with Crippen LogP contribution in [0.5, 0.6) is 0 Å². The molecule has 0 unspecified atom stereocenters. The Morgan fingerprint density at radius 3 is 2.16 bits per heavy atom. The lowest BCUT2D eigenvalue weighted by atomic mass is 9.86. The second kappa shape index (κ2) is 4.02. The van der Waals surface area contributed by atoms with E-state index >= 15 is 0 Å². The summed E-state index contributed by atoms with van der Waals surface area (Å²) in [6.45, 7) is 8.12. The first-order valence-electron chi connectivity index (χ1n) is 6.46. The Morgan fingerprint density at radius 1 is 1.00 bits per heavy atom. The van der Waals surface area contributed by atoms with Crippen LogP contribution in [-0.4, -0.2) is 22.9 Å². The number of nitrogens with zero attached hydrogens (tertiary/aromatic N) is 1. The zero-order valence-electron chi connectivity index (χ0n) is 11.7. The van der Waals surface area contributed by atoms with Crippen LogP contribution in [-0.2, 0) is 9.31 Å². The van der Waals surface area contributed by atoms with E-state index in [2.05, 4.69) is 0 Å². The van der Waals surface area contributed by atoms with E-state index in [1.807, 2.05) is 62.9 Å². The third-order valence-corrected chi connectivity index (χ3v) is 3.99. The van der Waals surface area contributed by atoms with E-state index in [0.29, 0.717) is 5.66 Å². The van der Waals surface area contributed by atoms with Gasteiger partial charge in [-0.25, -0.2) is 0 Å². The lowest BCUT2D eigenvalue weighted by Gasteiger charge is -2.32. The topological polar surface area (TPSA) is 36.5 Å². The SMILES string of the molecule is CC1(C)OB(c2cc(-n3cccc3)co2)OC1(C)C. The van der Waals surface area contributed by atoms with Gasteiger partial charge in [-0.1, -0.05) is 0 Å². The maximum absolute atomic E-state index is 5.96. The van der Waals surface area contributed by atoms with Crippen LogP contribution in [0.2, 0.25) is 0 Å². The highest BCUT2D eigenvalue weighted by Crippen LogP contribution is 2.36. The van der Waals surface area contributed by atoms with E-state index in [4.69, 9.17) is 13.7 Å². The molecule has 100 valence electrons. The first kappa shape index (κ1) is 12.6. The standard InChI is InChI=1S/C14H18BNO3/c1-13(2)14(3,4)19-15(18-13)12-9-11(10-17-12)16-7-5-6-8-16/h5-10H,1-4H3. The van der Waals surface area contributed by atoms with E-state index in [1.165, 1.54) is 0 Å². The molecule has 3 rings (SSSR count). The molecule has 0 spiro atoms. The minimum Gasteiger partial charge on any atom is -0.471 e. The molecule has 0 amide bonds. The second-order valence-corrected chi connectivity index (χ2v) is 5.89. The van der Waals surface area contributed by atoms with Crippen molar-refractivity contribution in [1.82, 2.24) is 4.57 Å². The maximum Gasteiger partial charge on any atom is 0.532 e. The van der Waals surface area contributed by atoms with Crippen molar-refractivity contribution in [3.05, 3.63) is 36.9 Å². The van der Waals surface area contributed by atoms with E-state index in [1.54, 1.807) is 6.26 Å². The van der Waals surface area contributed by atoms with Crippen molar-refractivity contribution in [3.63, 3.8) is 0 Å². The molecule has 1 fully saturated rings. The maximum atomic E-state index is 5.96. The number of furan rings is 1. The van der Waals surface area contributed by atoms with Gasteiger partial charge in [0.25, 0.3) is 0 Å². The molecule has 1 aliphatic rings. The normalized spacial score (nSPS) is 20.9. The molecular weight excluding hydrogens is 241 g/mol. The highest BCUT2D eigenvalue weighted by molar-refractivity contribution is 6.60. The van der Waals surface area contributed by atoms with Gasteiger partial charge in [-0.05, 0) is 39.8 Å². The summed E-state index contributed by atoms with van der Waals surface area (Å²) in [6, 6.07) is 5.89. The van der Waals surface area contributed by atoms with Crippen LogP contribution < -0.4 is 5.66 Å². The Morgan fingerprint density at radius 2 is 1.58 bits per heavy atom. The van der Waals surface area contributed by atoms with Gasteiger partial charge in [0.1, 0.15) is 11.9 Å². The lowest BCUT2D eigenvalue weighted by Crippen LogP contribution is -2.41. The van der Waals surface area contributed by atoms with Gasteiger partial charge in [0.15, 0.2) is 0 Å². The van der Waals surface area contributed by atoms with E-state index in [9.17, 15) is 0 Å². The Labute approximate surface area is 113 Å². The highest BCUT2D eigenvalue weighted by Gasteiger charge is 2.53. The summed E-state index contributed by atoms with van der Waals surface area (Å²) >= 11 is 0. The number of aromatic nitrogens is 1. The molecule has 4 nitrogen and oxygen atoms in total. The predicted octanol–water partition coefficient (Wildman–Crippen LogP) is 2.37. The van der Waals surface area contributed by atoms with Crippen LogP contribution in [0.1, 0.15) is 27.7 Å². The molecule has 3 heterocycles. The molecule has 1 aliphatic heterocycles. The highest BCUT2D eigenvalue weighted by atomic mass is 16.7. The monoisotopic (exact) mass is 259 g/mol. The quantitative estimate of drug-likeness (QED) is 0.777. The van der Waals surface area contributed by atoms with Crippen LogP contribution in [0, 0.1) is 0 Å². The van der Waals surface area contributed by atoms with E-state index < -0.39 is 7.12 Å². The third kappa shape index (κ3) is 2.03. The second-order valence-electron chi connectivity index (χ2n) is 5.89. The molecule has 0 aromatic carbocycles.